The molecule has 0 fully saturated rings. The third-order valence-corrected chi connectivity index (χ3v) is 2.90. The summed E-state index contributed by atoms with van der Waals surface area (Å²) in [5.74, 6) is 0.458. The molecule has 0 N–H and O–H groups in total. The number of hydrogen-bond donors (Lipinski definition) is 0. The maximum Gasteiger partial charge on any atom is 0.111 e. The molecule has 0 aromatic heterocycles. The van der Waals surface area contributed by atoms with Gasteiger partial charge in [0.25, 0.3) is 0 Å². The SMILES string of the molecule is C/C=C\C=C(/CF)C(C)(C)C(C)C. The van der Waals surface area contributed by atoms with E-state index < -0.39 is 0 Å². The number of alkyl halides is 1. The summed E-state index contributed by atoms with van der Waals surface area (Å²) in [5, 5.41) is 0. The normalized spacial score (nSPS) is 14.5. The first-order chi connectivity index (χ1) is 5.96. The van der Waals surface area contributed by atoms with Crippen LogP contribution in [-0.2, 0) is 0 Å². The van der Waals surface area contributed by atoms with Gasteiger partial charge in [-0.3, -0.25) is 0 Å². The monoisotopic (exact) mass is 184 g/mol. The Hall–Kier alpha value is -0.590. The molecule has 0 radical (unpaired) electrons. The topological polar surface area (TPSA) is 0 Å². The van der Waals surface area contributed by atoms with E-state index in [1.165, 1.54) is 0 Å². The highest BCUT2D eigenvalue weighted by Gasteiger charge is 2.26. The van der Waals surface area contributed by atoms with Gasteiger partial charge in [0.05, 0.1) is 0 Å². The zero-order chi connectivity index (χ0) is 10.5. The van der Waals surface area contributed by atoms with Crippen molar-refractivity contribution in [1.29, 1.82) is 0 Å². The maximum absolute atomic E-state index is 12.7. The van der Waals surface area contributed by atoms with Crippen LogP contribution in [0.1, 0.15) is 34.6 Å². The first kappa shape index (κ1) is 12.4. The van der Waals surface area contributed by atoms with Crippen molar-refractivity contribution in [2.75, 3.05) is 6.67 Å². The molecule has 0 spiro atoms. The molecule has 0 aromatic rings. The van der Waals surface area contributed by atoms with Crippen molar-refractivity contribution in [2.24, 2.45) is 11.3 Å². The molecular formula is C12H21F. The molecule has 0 amide bonds. The fourth-order valence-electron chi connectivity index (χ4n) is 1.01. The molecule has 0 aliphatic rings. The highest BCUT2D eigenvalue weighted by molar-refractivity contribution is 5.19. The molecule has 0 saturated carbocycles. The standard InChI is InChI=1S/C12H21F/c1-6-7-8-11(9-13)12(4,5)10(2)3/h6-8,10H,9H2,1-5H3/b7-6-,11-8+. The molecule has 0 bridgehead atoms. The van der Waals surface area contributed by atoms with E-state index >= 15 is 0 Å². The summed E-state index contributed by atoms with van der Waals surface area (Å²) < 4.78 is 12.7. The summed E-state index contributed by atoms with van der Waals surface area (Å²) in [6.45, 7) is 10.0. The lowest BCUT2D eigenvalue weighted by molar-refractivity contribution is 0.287. The smallest absolute Gasteiger partial charge is 0.111 e. The molecule has 76 valence electrons. The van der Waals surface area contributed by atoms with Gasteiger partial charge in [-0.25, -0.2) is 4.39 Å². The van der Waals surface area contributed by atoms with Gasteiger partial charge in [-0.05, 0) is 23.8 Å². The van der Waals surface area contributed by atoms with Crippen LogP contribution in [0.4, 0.5) is 4.39 Å². The Kier molecular flexibility index (Phi) is 4.97. The number of allylic oxidation sites excluding steroid dienone is 4. The van der Waals surface area contributed by atoms with Crippen molar-refractivity contribution in [1.82, 2.24) is 0 Å². The molecule has 0 atom stereocenters. The molecule has 0 heterocycles. The zero-order valence-electron chi connectivity index (χ0n) is 9.39. The third kappa shape index (κ3) is 3.33. The largest absolute Gasteiger partial charge is 0.246 e. The summed E-state index contributed by atoms with van der Waals surface area (Å²) in [6.07, 6.45) is 5.71. The van der Waals surface area contributed by atoms with E-state index in [2.05, 4.69) is 27.7 Å². The summed E-state index contributed by atoms with van der Waals surface area (Å²) in [5.41, 5.74) is 0.828. The molecular weight excluding hydrogens is 163 g/mol. The van der Waals surface area contributed by atoms with Gasteiger partial charge in [0.15, 0.2) is 0 Å². The third-order valence-electron chi connectivity index (χ3n) is 2.90. The molecule has 0 nitrogen and oxygen atoms in total. The van der Waals surface area contributed by atoms with Crippen molar-refractivity contribution in [2.45, 2.75) is 34.6 Å². The van der Waals surface area contributed by atoms with Crippen molar-refractivity contribution in [3.8, 4) is 0 Å². The minimum atomic E-state index is -0.352. The van der Waals surface area contributed by atoms with Crippen LogP contribution in [0.25, 0.3) is 0 Å². The zero-order valence-corrected chi connectivity index (χ0v) is 9.39. The Morgan fingerprint density at radius 2 is 1.92 bits per heavy atom. The van der Waals surface area contributed by atoms with E-state index in [0.717, 1.165) is 5.57 Å². The Bertz CT molecular complexity index is 197. The fraction of sp³-hybridized carbons (Fsp3) is 0.667. The molecule has 0 unspecified atom stereocenters. The molecule has 0 aromatic carbocycles. The van der Waals surface area contributed by atoms with Gasteiger partial charge in [0, 0.05) is 0 Å². The van der Waals surface area contributed by atoms with Crippen molar-refractivity contribution in [3.63, 3.8) is 0 Å². The molecule has 1 heteroatoms. The lowest BCUT2D eigenvalue weighted by Gasteiger charge is -2.30. The molecule has 0 aliphatic heterocycles. The van der Waals surface area contributed by atoms with Gasteiger partial charge in [-0.2, -0.15) is 0 Å². The second-order valence-corrected chi connectivity index (χ2v) is 4.23. The Labute approximate surface area is 81.5 Å². The predicted molar refractivity (Wildman–Crippen MR) is 57.5 cm³/mol. The van der Waals surface area contributed by atoms with E-state index in [0.29, 0.717) is 5.92 Å². The molecule has 13 heavy (non-hydrogen) atoms. The van der Waals surface area contributed by atoms with E-state index in [4.69, 9.17) is 0 Å². The lowest BCUT2D eigenvalue weighted by atomic mass is 9.75. The Morgan fingerprint density at radius 1 is 1.38 bits per heavy atom. The van der Waals surface area contributed by atoms with Crippen LogP contribution in [0, 0.1) is 11.3 Å². The van der Waals surface area contributed by atoms with Crippen LogP contribution in [0.15, 0.2) is 23.8 Å². The van der Waals surface area contributed by atoms with Gasteiger partial charge in [-0.15, -0.1) is 0 Å². The van der Waals surface area contributed by atoms with Crippen LogP contribution in [0.5, 0.6) is 0 Å². The Morgan fingerprint density at radius 3 is 2.23 bits per heavy atom. The quantitative estimate of drug-likeness (QED) is 0.576. The van der Waals surface area contributed by atoms with Crippen LogP contribution < -0.4 is 0 Å². The highest BCUT2D eigenvalue weighted by atomic mass is 19.1. The van der Waals surface area contributed by atoms with Crippen LogP contribution >= 0.6 is 0 Å². The average Bonchev–Trinajstić information content (AvgIpc) is 2.05. The first-order valence-corrected chi connectivity index (χ1v) is 4.85. The second-order valence-electron chi connectivity index (χ2n) is 4.23. The number of halogens is 1. The van der Waals surface area contributed by atoms with E-state index in [9.17, 15) is 4.39 Å². The molecule has 0 saturated heterocycles. The summed E-state index contributed by atoms with van der Waals surface area (Å²) in [6, 6.07) is 0. The van der Waals surface area contributed by atoms with Gasteiger partial charge in [0.1, 0.15) is 6.67 Å². The van der Waals surface area contributed by atoms with Crippen LogP contribution in [0.3, 0.4) is 0 Å². The van der Waals surface area contributed by atoms with Gasteiger partial charge in [-0.1, -0.05) is 45.9 Å². The van der Waals surface area contributed by atoms with Crippen LogP contribution in [-0.4, -0.2) is 6.67 Å². The second kappa shape index (κ2) is 5.21. The van der Waals surface area contributed by atoms with Gasteiger partial charge in [0.2, 0.25) is 0 Å². The average molecular weight is 184 g/mol. The van der Waals surface area contributed by atoms with Crippen molar-refractivity contribution >= 4 is 0 Å². The minimum absolute atomic E-state index is 0.0474. The van der Waals surface area contributed by atoms with E-state index in [1.807, 2.05) is 25.2 Å². The van der Waals surface area contributed by atoms with Crippen LogP contribution in [0.2, 0.25) is 0 Å². The Balaban J connectivity index is 4.75. The van der Waals surface area contributed by atoms with E-state index in [-0.39, 0.29) is 12.1 Å². The number of hydrogen-bond acceptors (Lipinski definition) is 0. The predicted octanol–water partition coefficient (Wildman–Crippen LogP) is 4.14. The first-order valence-electron chi connectivity index (χ1n) is 4.85. The summed E-state index contributed by atoms with van der Waals surface area (Å²) in [7, 11) is 0. The fourth-order valence-corrected chi connectivity index (χ4v) is 1.01. The maximum atomic E-state index is 12.7. The van der Waals surface area contributed by atoms with E-state index in [1.54, 1.807) is 0 Å². The number of rotatable bonds is 4. The van der Waals surface area contributed by atoms with Crippen molar-refractivity contribution in [3.05, 3.63) is 23.8 Å². The van der Waals surface area contributed by atoms with Gasteiger partial charge >= 0.3 is 0 Å². The van der Waals surface area contributed by atoms with Gasteiger partial charge < -0.3 is 0 Å². The van der Waals surface area contributed by atoms with Crippen molar-refractivity contribution < 1.29 is 4.39 Å². The lowest BCUT2D eigenvalue weighted by Crippen LogP contribution is -2.23. The molecule has 0 aliphatic carbocycles. The molecule has 0 rings (SSSR count). The summed E-state index contributed by atoms with van der Waals surface area (Å²) >= 11 is 0. The minimum Gasteiger partial charge on any atom is -0.246 e. The highest BCUT2D eigenvalue weighted by Crippen LogP contribution is 2.34. The summed E-state index contributed by atoms with van der Waals surface area (Å²) in [4.78, 5) is 0.